The summed E-state index contributed by atoms with van der Waals surface area (Å²) in [5.41, 5.74) is 3.10. The van der Waals surface area contributed by atoms with Crippen LogP contribution in [0.4, 0.5) is 4.39 Å². The van der Waals surface area contributed by atoms with Gasteiger partial charge in [-0.05, 0) is 35.4 Å². The standard InChI is InChI=1S/C16H13F/c1-2-3-4-13-5-7-14(8-6-13)15-9-11-16(17)12-10-15/h5-12H,2H2,1H3. The summed E-state index contributed by atoms with van der Waals surface area (Å²) in [6.07, 6.45) is 0.861. The first-order valence-electron chi connectivity index (χ1n) is 5.64. The van der Waals surface area contributed by atoms with E-state index < -0.39 is 0 Å². The van der Waals surface area contributed by atoms with E-state index in [-0.39, 0.29) is 5.82 Å². The number of hydrogen-bond donors (Lipinski definition) is 0. The molecule has 0 aliphatic carbocycles. The van der Waals surface area contributed by atoms with Crippen LogP contribution in [-0.2, 0) is 0 Å². The second kappa shape index (κ2) is 5.32. The van der Waals surface area contributed by atoms with Crippen LogP contribution in [0.2, 0.25) is 0 Å². The molecule has 0 fully saturated rings. The highest BCUT2D eigenvalue weighted by atomic mass is 19.1. The first-order chi connectivity index (χ1) is 8.29. The highest BCUT2D eigenvalue weighted by Crippen LogP contribution is 2.19. The second-order valence-corrected chi connectivity index (χ2v) is 3.74. The number of rotatable bonds is 1. The van der Waals surface area contributed by atoms with Gasteiger partial charge in [0.2, 0.25) is 0 Å². The summed E-state index contributed by atoms with van der Waals surface area (Å²) in [6, 6.07) is 14.5. The maximum Gasteiger partial charge on any atom is 0.123 e. The van der Waals surface area contributed by atoms with Crippen molar-refractivity contribution in [1.82, 2.24) is 0 Å². The lowest BCUT2D eigenvalue weighted by Gasteiger charge is -2.01. The van der Waals surface area contributed by atoms with Crippen LogP contribution >= 0.6 is 0 Å². The Morgan fingerprint density at radius 3 is 1.94 bits per heavy atom. The van der Waals surface area contributed by atoms with Gasteiger partial charge in [-0.1, -0.05) is 43.0 Å². The summed E-state index contributed by atoms with van der Waals surface area (Å²) in [5, 5.41) is 0. The Kier molecular flexibility index (Phi) is 3.57. The molecule has 84 valence electrons. The molecule has 2 aromatic rings. The molecule has 0 bridgehead atoms. The summed E-state index contributed by atoms with van der Waals surface area (Å²) >= 11 is 0. The zero-order valence-electron chi connectivity index (χ0n) is 9.70. The average molecular weight is 224 g/mol. The van der Waals surface area contributed by atoms with E-state index in [0.29, 0.717) is 0 Å². The van der Waals surface area contributed by atoms with Crippen LogP contribution in [0.15, 0.2) is 48.5 Å². The van der Waals surface area contributed by atoms with Gasteiger partial charge in [0.25, 0.3) is 0 Å². The van der Waals surface area contributed by atoms with Crippen molar-refractivity contribution >= 4 is 0 Å². The number of hydrogen-bond acceptors (Lipinski definition) is 0. The average Bonchev–Trinajstić information content (AvgIpc) is 2.38. The molecule has 0 aliphatic rings. The topological polar surface area (TPSA) is 0 Å². The molecule has 0 radical (unpaired) electrons. The van der Waals surface area contributed by atoms with Gasteiger partial charge in [0.05, 0.1) is 0 Å². The Bertz CT molecular complexity index is 539. The number of benzene rings is 2. The van der Waals surface area contributed by atoms with Crippen molar-refractivity contribution in [3.63, 3.8) is 0 Å². The Morgan fingerprint density at radius 2 is 1.41 bits per heavy atom. The molecule has 0 amide bonds. The van der Waals surface area contributed by atoms with E-state index in [0.717, 1.165) is 23.1 Å². The molecule has 0 N–H and O–H groups in total. The van der Waals surface area contributed by atoms with Crippen molar-refractivity contribution in [3.05, 3.63) is 59.9 Å². The molecule has 1 heteroatoms. The van der Waals surface area contributed by atoms with E-state index in [1.54, 1.807) is 12.1 Å². The van der Waals surface area contributed by atoms with Crippen LogP contribution in [0.3, 0.4) is 0 Å². The van der Waals surface area contributed by atoms with Crippen LogP contribution in [0.1, 0.15) is 18.9 Å². The summed E-state index contributed by atoms with van der Waals surface area (Å²) in [6.45, 7) is 2.03. The molecule has 0 spiro atoms. The third-order valence-electron chi connectivity index (χ3n) is 2.47. The Labute approximate surface area is 101 Å². The van der Waals surface area contributed by atoms with Crippen molar-refractivity contribution in [1.29, 1.82) is 0 Å². The second-order valence-electron chi connectivity index (χ2n) is 3.74. The first-order valence-corrected chi connectivity index (χ1v) is 5.64. The molecule has 0 aromatic heterocycles. The molecule has 0 nitrogen and oxygen atoms in total. The van der Waals surface area contributed by atoms with E-state index in [1.807, 2.05) is 31.2 Å². The van der Waals surface area contributed by atoms with Gasteiger partial charge in [-0.15, -0.1) is 0 Å². The van der Waals surface area contributed by atoms with E-state index in [1.165, 1.54) is 12.1 Å². The van der Waals surface area contributed by atoms with Gasteiger partial charge in [0, 0.05) is 12.0 Å². The maximum atomic E-state index is 12.8. The molecule has 0 saturated heterocycles. The fraction of sp³-hybridized carbons (Fsp3) is 0.125. The monoisotopic (exact) mass is 224 g/mol. The Balaban J connectivity index is 2.26. The van der Waals surface area contributed by atoms with E-state index in [9.17, 15) is 4.39 Å². The molecule has 0 heterocycles. The summed E-state index contributed by atoms with van der Waals surface area (Å²) in [7, 11) is 0. The van der Waals surface area contributed by atoms with E-state index in [2.05, 4.69) is 11.8 Å². The number of halogens is 1. The molecule has 2 aromatic carbocycles. The quantitative estimate of drug-likeness (QED) is 0.635. The van der Waals surface area contributed by atoms with Gasteiger partial charge in [-0.25, -0.2) is 4.39 Å². The lowest BCUT2D eigenvalue weighted by atomic mass is 10.0. The van der Waals surface area contributed by atoms with Crippen molar-refractivity contribution in [2.45, 2.75) is 13.3 Å². The van der Waals surface area contributed by atoms with Crippen LogP contribution in [-0.4, -0.2) is 0 Å². The van der Waals surface area contributed by atoms with Crippen LogP contribution in [0.5, 0.6) is 0 Å². The predicted octanol–water partition coefficient (Wildman–Crippen LogP) is 4.25. The van der Waals surface area contributed by atoms with Crippen molar-refractivity contribution in [2.75, 3.05) is 0 Å². The highest BCUT2D eigenvalue weighted by Gasteiger charge is 1.97. The zero-order valence-corrected chi connectivity index (χ0v) is 9.70. The van der Waals surface area contributed by atoms with Crippen LogP contribution < -0.4 is 0 Å². The lowest BCUT2D eigenvalue weighted by molar-refractivity contribution is 0.628. The fourth-order valence-electron chi connectivity index (χ4n) is 1.58. The zero-order chi connectivity index (χ0) is 12.1. The molecule has 0 atom stereocenters. The van der Waals surface area contributed by atoms with Gasteiger partial charge >= 0.3 is 0 Å². The Morgan fingerprint density at radius 1 is 0.882 bits per heavy atom. The molecule has 0 aliphatic heterocycles. The highest BCUT2D eigenvalue weighted by molar-refractivity contribution is 5.64. The minimum Gasteiger partial charge on any atom is -0.207 e. The maximum absolute atomic E-state index is 12.8. The van der Waals surface area contributed by atoms with Crippen molar-refractivity contribution < 1.29 is 4.39 Å². The van der Waals surface area contributed by atoms with Crippen LogP contribution in [0.25, 0.3) is 11.1 Å². The van der Waals surface area contributed by atoms with Gasteiger partial charge in [-0.2, -0.15) is 0 Å². The molecule has 0 saturated carbocycles. The van der Waals surface area contributed by atoms with E-state index >= 15 is 0 Å². The molecular formula is C16H13F. The summed E-state index contributed by atoms with van der Waals surface area (Å²) in [4.78, 5) is 0. The third-order valence-corrected chi connectivity index (χ3v) is 2.47. The van der Waals surface area contributed by atoms with Crippen molar-refractivity contribution in [2.24, 2.45) is 0 Å². The minimum atomic E-state index is -0.209. The first kappa shape index (κ1) is 11.4. The summed E-state index contributed by atoms with van der Waals surface area (Å²) < 4.78 is 12.8. The Hall–Kier alpha value is -2.07. The van der Waals surface area contributed by atoms with Crippen LogP contribution in [0, 0.1) is 17.7 Å². The SMILES string of the molecule is CCC#Cc1ccc(-c2ccc(F)cc2)cc1. The van der Waals surface area contributed by atoms with Gasteiger partial charge in [-0.3, -0.25) is 0 Å². The fourth-order valence-corrected chi connectivity index (χ4v) is 1.58. The predicted molar refractivity (Wildman–Crippen MR) is 69.0 cm³/mol. The summed E-state index contributed by atoms with van der Waals surface area (Å²) in [5.74, 6) is 5.89. The lowest BCUT2D eigenvalue weighted by Crippen LogP contribution is -1.80. The largest absolute Gasteiger partial charge is 0.207 e. The van der Waals surface area contributed by atoms with Gasteiger partial charge in [0.15, 0.2) is 0 Å². The smallest absolute Gasteiger partial charge is 0.123 e. The molecule has 2 rings (SSSR count). The van der Waals surface area contributed by atoms with Gasteiger partial charge in [0.1, 0.15) is 5.82 Å². The minimum absolute atomic E-state index is 0.209. The normalized spacial score (nSPS) is 9.53. The molecule has 17 heavy (non-hydrogen) atoms. The molecular weight excluding hydrogens is 211 g/mol. The van der Waals surface area contributed by atoms with Crippen molar-refractivity contribution in [3.8, 4) is 23.0 Å². The van der Waals surface area contributed by atoms with E-state index in [4.69, 9.17) is 0 Å². The van der Waals surface area contributed by atoms with Gasteiger partial charge < -0.3 is 0 Å². The third kappa shape index (κ3) is 2.95. The molecule has 0 unspecified atom stereocenters.